The topological polar surface area (TPSA) is 74.6 Å². The number of rotatable bonds is 14. The third-order valence-electron chi connectivity index (χ3n) is 3.54. The Morgan fingerprint density at radius 3 is 2.27 bits per heavy atom. The van der Waals surface area contributed by atoms with E-state index in [1.54, 1.807) is 6.08 Å². The summed E-state index contributed by atoms with van der Waals surface area (Å²) < 4.78 is 0. The summed E-state index contributed by atoms with van der Waals surface area (Å²) >= 11 is 0. The van der Waals surface area contributed by atoms with Gasteiger partial charge in [-0.25, -0.2) is 0 Å². The maximum atomic E-state index is 11.0. The van der Waals surface area contributed by atoms with Crippen LogP contribution in [0.25, 0.3) is 0 Å². The molecule has 0 heterocycles. The van der Waals surface area contributed by atoms with Crippen LogP contribution in [0.4, 0.5) is 0 Å². The number of hydrogen-bond acceptors (Lipinski definition) is 2. The second kappa shape index (κ2) is 14.4. The molecule has 0 aliphatic rings. The third-order valence-corrected chi connectivity index (χ3v) is 3.54. The second-order valence-corrected chi connectivity index (χ2v) is 5.60. The largest absolute Gasteiger partial charge is 0.481 e. The maximum Gasteiger partial charge on any atom is 0.310 e. The van der Waals surface area contributed by atoms with E-state index < -0.39 is 11.9 Å². The molecular formula is C18H30O4. The predicted octanol–water partition coefficient (Wildman–Crippen LogP) is 4.81. The molecule has 0 saturated heterocycles. The summed E-state index contributed by atoms with van der Waals surface area (Å²) in [4.78, 5) is 21.4. The van der Waals surface area contributed by atoms with E-state index in [0.717, 1.165) is 51.4 Å². The number of carboxylic acids is 2. The lowest BCUT2D eigenvalue weighted by Crippen LogP contribution is -2.10. The first-order valence-electron chi connectivity index (χ1n) is 8.35. The van der Waals surface area contributed by atoms with Crippen molar-refractivity contribution >= 4 is 11.9 Å². The molecule has 0 bridgehead atoms. The Bertz CT molecular complexity index is 358. The fourth-order valence-electron chi connectivity index (χ4n) is 2.17. The van der Waals surface area contributed by atoms with Gasteiger partial charge in [-0.2, -0.15) is 0 Å². The van der Waals surface area contributed by atoms with Crippen molar-refractivity contribution in [3.63, 3.8) is 0 Å². The lowest BCUT2D eigenvalue weighted by atomic mass is 10.0. The third kappa shape index (κ3) is 13.4. The van der Waals surface area contributed by atoms with Crippen molar-refractivity contribution in [1.82, 2.24) is 0 Å². The molecule has 0 aromatic rings. The van der Waals surface area contributed by atoms with Crippen molar-refractivity contribution < 1.29 is 19.8 Å². The fraction of sp³-hybridized carbons (Fsp3) is 0.667. The van der Waals surface area contributed by atoms with Crippen LogP contribution in [0.5, 0.6) is 0 Å². The van der Waals surface area contributed by atoms with Crippen molar-refractivity contribution in [2.24, 2.45) is 5.92 Å². The van der Waals surface area contributed by atoms with Gasteiger partial charge in [0.2, 0.25) is 0 Å². The van der Waals surface area contributed by atoms with Gasteiger partial charge in [-0.15, -0.1) is 0 Å². The van der Waals surface area contributed by atoms with E-state index in [-0.39, 0.29) is 12.3 Å². The molecule has 0 rings (SSSR count). The number of carboxylic acid groups (broad SMARTS) is 2. The lowest BCUT2D eigenvalue weighted by Gasteiger charge is -2.04. The first-order valence-corrected chi connectivity index (χ1v) is 8.35. The Morgan fingerprint density at radius 2 is 1.64 bits per heavy atom. The number of aliphatic carboxylic acids is 2. The molecular weight excluding hydrogens is 280 g/mol. The summed E-state index contributed by atoms with van der Waals surface area (Å²) in [5, 5.41) is 17.6. The molecule has 0 aromatic heterocycles. The van der Waals surface area contributed by atoms with E-state index in [9.17, 15) is 9.59 Å². The van der Waals surface area contributed by atoms with E-state index in [0.29, 0.717) is 6.42 Å². The minimum Gasteiger partial charge on any atom is -0.481 e. The molecule has 0 amide bonds. The van der Waals surface area contributed by atoms with Crippen LogP contribution in [0, 0.1) is 5.92 Å². The van der Waals surface area contributed by atoms with Gasteiger partial charge >= 0.3 is 11.9 Å². The normalized spacial score (nSPS) is 13.0. The van der Waals surface area contributed by atoms with Crippen molar-refractivity contribution in [2.75, 3.05) is 0 Å². The van der Waals surface area contributed by atoms with E-state index in [1.165, 1.54) is 0 Å². The van der Waals surface area contributed by atoms with Crippen LogP contribution in [0.15, 0.2) is 24.3 Å². The summed E-state index contributed by atoms with van der Waals surface area (Å²) in [6, 6.07) is 0. The predicted molar refractivity (Wildman–Crippen MR) is 88.9 cm³/mol. The zero-order valence-corrected chi connectivity index (χ0v) is 13.7. The number of carbonyl (C=O) groups is 2. The highest BCUT2D eigenvalue weighted by Crippen LogP contribution is 2.11. The monoisotopic (exact) mass is 310 g/mol. The number of allylic oxidation sites excluding steroid dienone is 3. The van der Waals surface area contributed by atoms with Gasteiger partial charge in [0, 0.05) is 6.42 Å². The maximum absolute atomic E-state index is 11.0. The summed E-state index contributed by atoms with van der Waals surface area (Å²) in [6.45, 7) is 2.06. The molecule has 0 spiro atoms. The minimum atomic E-state index is -0.750. The average Bonchev–Trinajstić information content (AvgIpc) is 2.47. The quantitative estimate of drug-likeness (QED) is 0.357. The van der Waals surface area contributed by atoms with Gasteiger partial charge in [0.15, 0.2) is 0 Å². The van der Waals surface area contributed by atoms with Gasteiger partial charge in [-0.05, 0) is 25.7 Å². The minimum absolute atomic E-state index is 0.271. The van der Waals surface area contributed by atoms with Crippen molar-refractivity contribution in [1.29, 1.82) is 0 Å². The molecule has 22 heavy (non-hydrogen) atoms. The average molecular weight is 310 g/mol. The van der Waals surface area contributed by atoms with Crippen LogP contribution in [-0.2, 0) is 9.59 Å². The summed E-state index contributed by atoms with van der Waals surface area (Å²) in [5.41, 5.74) is 0. The van der Waals surface area contributed by atoms with Crippen molar-refractivity contribution in [3.05, 3.63) is 24.3 Å². The first kappa shape index (κ1) is 20.4. The zero-order chi connectivity index (χ0) is 16.6. The van der Waals surface area contributed by atoms with Crippen molar-refractivity contribution in [2.45, 2.75) is 71.1 Å². The number of unbranched alkanes of at least 4 members (excludes halogenated alkanes) is 6. The Labute approximate surface area is 133 Å². The molecule has 0 aliphatic heterocycles. The van der Waals surface area contributed by atoms with Crippen LogP contribution in [0.2, 0.25) is 0 Å². The van der Waals surface area contributed by atoms with Gasteiger partial charge in [0.25, 0.3) is 0 Å². The van der Waals surface area contributed by atoms with Crippen LogP contribution >= 0.6 is 0 Å². The first-order chi connectivity index (χ1) is 10.6. The summed E-state index contributed by atoms with van der Waals surface area (Å²) in [7, 11) is 0. The van der Waals surface area contributed by atoms with Crippen LogP contribution in [0.1, 0.15) is 71.1 Å². The molecule has 4 heteroatoms. The van der Waals surface area contributed by atoms with E-state index >= 15 is 0 Å². The molecule has 0 aliphatic carbocycles. The molecule has 4 nitrogen and oxygen atoms in total. The standard InChI is InChI=1S/C18H30O4/c1-2-3-13-16(18(21)22)14-11-9-7-5-4-6-8-10-12-15-17(19)20/h7,9,11,14,16H,2-6,8,10,12-13,15H2,1H3,(H,19,20)(H,21,22). The Kier molecular flexibility index (Phi) is 13.3. The molecule has 126 valence electrons. The summed E-state index contributed by atoms with van der Waals surface area (Å²) in [6.07, 6.45) is 16.5. The van der Waals surface area contributed by atoms with Gasteiger partial charge < -0.3 is 10.2 Å². The summed E-state index contributed by atoms with van der Waals surface area (Å²) in [5.74, 6) is -1.84. The van der Waals surface area contributed by atoms with E-state index in [4.69, 9.17) is 10.2 Å². The van der Waals surface area contributed by atoms with Crippen molar-refractivity contribution in [3.8, 4) is 0 Å². The van der Waals surface area contributed by atoms with Gasteiger partial charge in [-0.1, -0.05) is 63.3 Å². The fourth-order valence-corrected chi connectivity index (χ4v) is 2.17. The van der Waals surface area contributed by atoms with Gasteiger partial charge in [-0.3, -0.25) is 9.59 Å². The molecule has 0 fully saturated rings. The molecule has 1 unspecified atom stereocenters. The Hall–Kier alpha value is -1.58. The smallest absolute Gasteiger partial charge is 0.310 e. The zero-order valence-electron chi connectivity index (χ0n) is 13.7. The van der Waals surface area contributed by atoms with Crippen LogP contribution in [0.3, 0.4) is 0 Å². The Balaban J connectivity index is 3.65. The highest BCUT2D eigenvalue weighted by Gasteiger charge is 2.11. The number of hydrogen-bond donors (Lipinski definition) is 2. The molecule has 2 N–H and O–H groups in total. The molecule has 1 atom stereocenters. The lowest BCUT2D eigenvalue weighted by molar-refractivity contribution is -0.140. The van der Waals surface area contributed by atoms with Crippen LogP contribution < -0.4 is 0 Å². The van der Waals surface area contributed by atoms with Gasteiger partial charge in [0.05, 0.1) is 5.92 Å². The second-order valence-electron chi connectivity index (χ2n) is 5.60. The van der Waals surface area contributed by atoms with E-state index in [1.807, 2.05) is 12.2 Å². The molecule has 0 aromatic carbocycles. The highest BCUT2D eigenvalue weighted by molar-refractivity contribution is 5.72. The van der Waals surface area contributed by atoms with Gasteiger partial charge in [0.1, 0.15) is 0 Å². The van der Waals surface area contributed by atoms with E-state index in [2.05, 4.69) is 13.0 Å². The molecule has 0 saturated carbocycles. The Morgan fingerprint density at radius 1 is 0.955 bits per heavy atom. The molecule has 0 radical (unpaired) electrons. The van der Waals surface area contributed by atoms with Crippen LogP contribution in [-0.4, -0.2) is 22.2 Å². The SMILES string of the molecule is CCCCC(C=CC=CCCCCCCCC(=O)O)C(=O)O. The highest BCUT2D eigenvalue weighted by atomic mass is 16.4.